The Morgan fingerprint density at radius 2 is 1.95 bits per heavy atom. The quantitative estimate of drug-likeness (QED) is 0.189. The van der Waals surface area contributed by atoms with Crippen molar-refractivity contribution in [2.45, 2.75) is 57.5 Å². The van der Waals surface area contributed by atoms with Crippen LogP contribution in [0.1, 0.15) is 55.5 Å². The van der Waals surface area contributed by atoms with Crippen molar-refractivity contribution < 1.29 is 18.3 Å². The fourth-order valence-electron chi connectivity index (χ4n) is 6.79. The highest BCUT2D eigenvalue weighted by Crippen LogP contribution is 2.43. The Kier molecular flexibility index (Phi) is 6.24. The van der Waals surface area contributed by atoms with Crippen molar-refractivity contribution in [1.29, 1.82) is 0 Å². The second-order valence-corrected chi connectivity index (χ2v) is 11.9. The summed E-state index contributed by atoms with van der Waals surface area (Å²) in [6.45, 7) is 0.620. The largest absolute Gasteiger partial charge is 0.488 e. The Balaban J connectivity index is 1.07. The van der Waals surface area contributed by atoms with Crippen molar-refractivity contribution in [3.63, 3.8) is 0 Å². The Morgan fingerprint density at radius 3 is 2.81 bits per heavy atom. The van der Waals surface area contributed by atoms with Gasteiger partial charge in [0.15, 0.2) is 0 Å². The van der Waals surface area contributed by atoms with Crippen molar-refractivity contribution >= 4 is 21.8 Å². The van der Waals surface area contributed by atoms with E-state index >= 15 is 0 Å². The molecule has 0 saturated carbocycles. The number of hydrogen-bond donors (Lipinski definition) is 4. The predicted molar refractivity (Wildman–Crippen MR) is 156 cm³/mol. The van der Waals surface area contributed by atoms with Gasteiger partial charge in [-0.2, -0.15) is 8.78 Å². The number of halogens is 2. The Morgan fingerprint density at radius 1 is 1.02 bits per heavy atom. The number of aromatic amines is 2. The summed E-state index contributed by atoms with van der Waals surface area (Å²) in [6, 6.07) is 15.7. The number of fused-ring (bicyclic) bond motifs is 6. The molecule has 3 aromatic carbocycles. The first-order chi connectivity index (χ1) is 20.5. The average Bonchev–Trinajstić information content (AvgIpc) is 3.80. The molecule has 42 heavy (non-hydrogen) atoms. The van der Waals surface area contributed by atoms with Gasteiger partial charge in [0, 0.05) is 23.5 Å². The molecule has 2 fully saturated rings. The minimum atomic E-state index is -2.74. The van der Waals surface area contributed by atoms with Gasteiger partial charge >= 0.3 is 6.61 Å². The van der Waals surface area contributed by atoms with Crippen LogP contribution in [0.4, 0.5) is 8.78 Å². The summed E-state index contributed by atoms with van der Waals surface area (Å²) in [5.41, 5.74) is 7.31. The maximum absolute atomic E-state index is 12.5. The van der Waals surface area contributed by atoms with Gasteiger partial charge in [-0.1, -0.05) is 18.2 Å². The molecule has 3 aliphatic rings. The van der Waals surface area contributed by atoms with Crippen LogP contribution in [0.25, 0.3) is 44.2 Å². The highest BCUT2D eigenvalue weighted by molar-refractivity contribution is 6.07. The molecule has 8 rings (SSSR count). The predicted octanol–water partition coefficient (Wildman–Crippen LogP) is 6.37. The van der Waals surface area contributed by atoms with Gasteiger partial charge in [0.05, 0.1) is 41.6 Å². The fourth-order valence-corrected chi connectivity index (χ4v) is 6.79. The first-order valence-electron chi connectivity index (χ1n) is 14.7. The number of benzene rings is 3. The van der Waals surface area contributed by atoms with Gasteiger partial charge in [-0.3, -0.25) is 0 Å². The molecule has 0 bridgehead atoms. The number of aromatic nitrogens is 4. The maximum atomic E-state index is 12.5. The first kappa shape index (κ1) is 25.8. The monoisotopic (exact) mass is 570 g/mol. The number of hydrogen-bond acceptors (Lipinski definition) is 6. The molecule has 0 radical (unpaired) electrons. The van der Waals surface area contributed by atoms with Crippen LogP contribution >= 0.6 is 0 Å². The van der Waals surface area contributed by atoms with E-state index in [2.05, 4.69) is 79.7 Å². The normalized spacial score (nSPS) is 23.5. The number of H-pyrrole nitrogens is 2. The Bertz CT molecular complexity index is 1800. The SMILES string of the molecule is CC1CCC(c2ncc(-c3ccc4c(c3)COc3cc5c(ccc6[nH]c(C7CC(COC(F)F)CN7)nc65)cc3-4)[nH]2)N1. The van der Waals surface area contributed by atoms with E-state index in [0.717, 1.165) is 74.4 Å². The number of ether oxygens (including phenoxy) is 2. The van der Waals surface area contributed by atoms with Gasteiger partial charge in [0.1, 0.15) is 24.0 Å². The maximum Gasteiger partial charge on any atom is 0.345 e. The minimum Gasteiger partial charge on any atom is -0.488 e. The minimum absolute atomic E-state index is 0.0263. The van der Waals surface area contributed by atoms with Crippen LogP contribution in [0.5, 0.6) is 5.75 Å². The lowest BCUT2D eigenvalue weighted by Crippen LogP contribution is -2.21. The second kappa shape index (κ2) is 10.1. The second-order valence-electron chi connectivity index (χ2n) is 11.9. The molecule has 2 aromatic heterocycles. The summed E-state index contributed by atoms with van der Waals surface area (Å²) in [6.07, 6.45) is 4.88. The number of rotatable bonds is 6. The molecule has 5 aromatic rings. The lowest BCUT2D eigenvalue weighted by atomic mass is 9.92. The van der Waals surface area contributed by atoms with Crippen LogP contribution in [0, 0.1) is 5.92 Å². The van der Waals surface area contributed by atoms with Crippen LogP contribution in [0.2, 0.25) is 0 Å². The summed E-state index contributed by atoms with van der Waals surface area (Å²) < 4.78 is 35.8. The van der Waals surface area contributed by atoms with Gasteiger partial charge in [-0.15, -0.1) is 0 Å². The van der Waals surface area contributed by atoms with Gasteiger partial charge in [0.2, 0.25) is 0 Å². The molecule has 4 atom stereocenters. The van der Waals surface area contributed by atoms with E-state index < -0.39 is 6.61 Å². The molecule has 3 aliphatic heterocycles. The highest BCUT2D eigenvalue weighted by Gasteiger charge is 2.29. The standard InChI is InChI=1S/C32H32F2N6O2/c1-16-2-6-25(37-16)30-36-13-27(39-30)19-3-5-21-20(9-19)15-41-28-11-22-18(10-23(21)28)4-7-24-29(22)40-31(38-24)26-8-17(12-35-26)14-42-32(33)34/h3-5,7,9-11,13,16-17,25-26,32,35,37H,2,6,8,12,14-15H2,1H3,(H,36,39)(H,38,40). The molecule has 5 heterocycles. The zero-order valence-electron chi connectivity index (χ0n) is 23.2. The smallest absolute Gasteiger partial charge is 0.345 e. The van der Waals surface area contributed by atoms with Crippen molar-refractivity contribution in [3.8, 4) is 28.1 Å². The zero-order valence-corrected chi connectivity index (χ0v) is 23.2. The molecule has 4 unspecified atom stereocenters. The van der Waals surface area contributed by atoms with Crippen molar-refractivity contribution in [3.05, 3.63) is 65.9 Å². The van der Waals surface area contributed by atoms with Crippen LogP contribution in [0.3, 0.4) is 0 Å². The number of imidazole rings is 2. The van der Waals surface area contributed by atoms with Gasteiger partial charge < -0.3 is 30.1 Å². The van der Waals surface area contributed by atoms with E-state index in [1.54, 1.807) is 0 Å². The highest BCUT2D eigenvalue weighted by atomic mass is 19.3. The molecule has 4 N–H and O–H groups in total. The number of nitrogens with one attached hydrogen (secondary N) is 4. The van der Waals surface area contributed by atoms with Crippen molar-refractivity contribution in [2.75, 3.05) is 13.2 Å². The molecular weight excluding hydrogens is 538 g/mol. The molecule has 0 aliphatic carbocycles. The molecular formula is C32H32F2N6O2. The first-order valence-corrected chi connectivity index (χ1v) is 14.7. The van der Waals surface area contributed by atoms with Crippen LogP contribution in [-0.2, 0) is 11.3 Å². The van der Waals surface area contributed by atoms with E-state index in [1.807, 2.05) is 6.20 Å². The molecule has 216 valence electrons. The molecule has 10 heteroatoms. The Labute approximate surface area is 241 Å². The van der Waals surface area contributed by atoms with E-state index in [1.165, 1.54) is 5.56 Å². The number of alkyl halides is 2. The molecule has 2 saturated heterocycles. The molecule has 8 nitrogen and oxygen atoms in total. The van der Waals surface area contributed by atoms with Crippen molar-refractivity contribution in [2.24, 2.45) is 5.92 Å². The summed E-state index contributed by atoms with van der Waals surface area (Å²) in [5.74, 6) is 2.68. The average molecular weight is 571 g/mol. The molecule has 0 spiro atoms. The topological polar surface area (TPSA) is 99.9 Å². The van der Waals surface area contributed by atoms with Crippen LogP contribution in [0.15, 0.2) is 48.7 Å². The lowest BCUT2D eigenvalue weighted by molar-refractivity contribution is -0.136. The van der Waals surface area contributed by atoms with Gasteiger partial charge in [-0.05, 0) is 78.4 Å². The van der Waals surface area contributed by atoms with Gasteiger partial charge in [0.25, 0.3) is 0 Å². The third-order valence-corrected chi connectivity index (χ3v) is 8.99. The molecule has 0 amide bonds. The summed E-state index contributed by atoms with van der Waals surface area (Å²) >= 11 is 0. The van der Waals surface area contributed by atoms with Crippen LogP contribution < -0.4 is 15.4 Å². The van der Waals surface area contributed by atoms with Crippen molar-refractivity contribution in [1.82, 2.24) is 30.6 Å². The fraction of sp³-hybridized carbons (Fsp3) is 0.375. The van der Waals surface area contributed by atoms with E-state index in [-0.39, 0.29) is 24.6 Å². The lowest BCUT2D eigenvalue weighted by Gasteiger charge is -2.22. The summed E-state index contributed by atoms with van der Waals surface area (Å²) in [5, 5.41) is 9.09. The summed E-state index contributed by atoms with van der Waals surface area (Å²) in [7, 11) is 0. The van der Waals surface area contributed by atoms with E-state index in [9.17, 15) is 8.78 Å². The number of nitrogens with zero attached hydrogens (tertiary/aromatic N) is 2. The third kappa shape index (κ3) is 4.54. The van der Waals surface area contributed by atoms with Gasteiger partial charge in [-0.25, -0.2) is 9.97 Å². The summed E-state index contributed by atoms with van der Waals surface area (Å²) in [4.78, 5) is 16.6. The van der Waals surface area contributed by atoms with Crippen LogP contribution in [-0.4, -0.2) is 45.7 Å². The van der Waals surface area contributed by atoms with E-state index in [4.69, 9.17) is 9.72 Å². The zero-order chi connectivity index (χ0) is 28.4. The van der Waals surface area contributed by atoms with E-state index in [0.29, 0.717) is 25.6 Å². The third-order valence-electron chi connectivity index (χ3n) is 8.99. The Hall–Kier alpha value is -3.86.